The summed E-state index contributed by atoms with van der Waals surface area (Å²) in [5, 5.41) is 20.0. The second-order valence-electron chi connectivity index (χ2n) is 7.03. The van der Waals surface area contributed by atoms with Crippen molar-refractivity contribution in [2.75, 3.05) is 0 Å². The molecular formula is C25H30N2O3. The van der Waals surface area contributed by atoms with Gasteiger partial charge in [-0.2, -0.15) is 0 Å². The largest absolute Gasteiger partial charge is 0.513 e. The Morgan fingerprint density at radius 2 is 1.30 bits per heavy atom. The number of aromatic nitrogens is 2. The predicted octanol–water partition coefficient (Wildman–Crippen LogP) is 6.38. The number of carbonyl (C=O) groups is 1. The average molecular weight is 407 g/mol. The number of H-pyrrole nitrogens is 2. The lowest BCUT2D eigenvalue weighted by Gasteiger charge is -1.98. The van der Waals surface area contributed by atoms with Crippen molar-refractivity contribution in [3.63, 3.8) is 0 Å². The molecule has 0 fully saturated rings. The first kappa shape index (κ1) is 22.8. The summed E-state index contributed by atoms with van der Waals surface area (Å²) >= 11 is 0. The summed E-state index contributed by atoms with van der Waals surface area (Å²) < 4.78 is 0. The van der Waals surface area contributed by atoms with Gasteiger partial charge in [0, 0.05) is 47.0 Å². The lowest BCUT2D eigenvalue weighted by molar-refractivity contribution is -0.136. The Balaban J connectivity index is 0.000000207. The van der Waals surface area contributed by atoms with Gasteiger partial charge in [-0.25, -0.2) is 0 Å². The Bertz CT molecular complexity index is 1110. The third kappa shape index (κ3) is 6.01. The maximum Gasteiger partial charge on any atom is 0.303 e. The SMILES string of the molecule is C.C=C(O)CCCc1c[nH]c2ccccc12.O=C(O)CCc1c[nH]c2ccccc12. The number of hydrogen-bond acceptors (Lipinski definition) is 2. The van der Waals surface area contributed by atoms with Gasteiger partial charge in [0.05, 0.1) is 5.76 Å². The molecule has 0 bridgehead atoms. The van der Waals surface area contributed by atoms with Crippen LogP contribution in [-0.2, 0) is 17.6 Å². The van der Waals surface area contributed by atoms with Crippen LogP contribution in [0.25, 0.3) is 21.8 Å². The number of hydrogen-bond donors (Lipinski definition) is 4. The summed E-state index contributed by atoms with van der Waals surface area (Å²) in [6, 6.07) is 16.2. The molecule has 0 spiro atoms. The lowest BCUT2D eigenvalue weighted by atomic mass is 10.1. The minimum atomic E-state index is -0.754. The van der Waals surface area contributed by atoms with Gasteiger partial charge >= 0.3 is 5.97 Å². The van der Waals surface area contributed by atoms with Crippen molar-refractivity contribution >= 4 is 27.8 Å². The van der Waals surface area contributed by atoms with Gasteiger partial charge in [-0.3, -0.25) is 4.79 Å². The summed E-state index contributed by atoms with van der Waals surface area (Å²) in [7, 11) is 0. The summed E-state index contributed by atoms with van der Waals surface area (Å²) in [6.45, 7) is 3.48. The van der Waals surface area contributed by atoms with Crippen molar-refractivity contribution in [1.82, 2.24) is 9.97 Å². The van der Waals surface area contributed by atoms with Crippen molar-refractivity contribution in [1.29, 1.82) is 0 Å². The number of para-hydroxylation sites is 2. The van der Waals surface area contributed by atoms with Crippen LogP contribution < -0.4 is 0 Å². The van der Waals surface area contributed by atoms with Gasteiger partial charge in [-0.05, 0) is 42.5 Å². The van der Waals surface area contributed by atoms with Crippen molar-refractivity contribution in [3.05, 3.63) is 84.4 Å². The zero-order valence-corrected chi connectivity index (χ0v) is 16.3. The fraction of sp³-hybridized carbons (Fsp3) is 0.240. The van der Waals surface area contributed by atoms with Gasteiger partial charge in [-0.15, -0.1) is 0 Å². The summed E-state index contributed by atoms with van der Waals surface area (Å²) in [5.74, 6) is -0.481. The van der Waals surface area contributed by atoms with E-state index in [4.69, 9.17) is 10.2 Å². The van der Waals surface area contributed by atoms with E-state index in [1.54, 1.807) is 0 Å². The normalized spacial score (nSPS) is 10.3. The maximum absolute atomic E-state index is 10.4. The van der Waals surface area contributed by atoms with Crippen LogP contribution in [0.1, 0.15) is 37.8 Å². The first-order chi connectivity index (χ1) is 14.0. The lowest BCUT2D eigenvalue weighted by Crippen LogP contribution is -1.96. The minimum absolute atomic E-state index is 0. The van der Waals surface area contributed by atoms with E-state index in [9.17, 15) is 4.79 Å². The summed E-state index contributed by atoms with van der Waals surface area (Å²) in [4.78, 5) is 16.8. The highest BCUT2D eigenvalue weighted by molar-refractivity contribution is 5.84. The van der Waals surface area contributed by atoms with Crippen LogP contribution in [0.2, 0.25) is 0 Å². The molecule has 4 N–H and O–H groups in total. The Hall–Kier alpha value is -3.47. The van der Waals surface area contributed by atoms with Gasteiger partial charge in [0.25, 0.3) is 0 Å². The molecule has 0 saturated carbocycles. The van der Waals surface area contributed by atoms with Crippen LogP contribution in [0.3, 0.4) is 0 Å². The number of aliphatic hydroxyl groups excluding tert-OH is 1. The number of aryl methyl sites for hydroxylation is 2. The van der Waals surface area contributed by atoms with E-state index in [-0.39, 0.29) is 19.6 Å². The van der Waals surface area contributed by atoms with E-state index < -0.39 is 5.97 Å². The van der Waals surface area contributed by atoms with E-state index >= 15 is 0 Å². The molecular weight excluding hydrogens is 376 g/mol. The molecule has 0 aliphatic carbocycles. The van der Waals surface area contributed by atoms with E-state index in [0.29, 0.717) is 12.8 Å². The molecule has 0 aliphatic heterocycles. The fourth-order valence-corrected chi connectivity index (χ4v) is 3.40. The number of aliphatic carboxylic acids is 1. The molecule has 5 nitrogen and oxygen atoms in total. The highest BCUT2D eigenvalue weighted by Crippen LogP contribution is 2.20. The standard InChI is InChI=1S/C13H15NO.C11H11NO2.CH4/c1-10(15)5-4-6-11-9-14-13-8-3-2-7-12(11)13;13-11(14)6-5-8-7-12-10-4-2-1-3-9(8)10;/h2-3,7-9,14-15H,1,4-6H2;1-4,7,12H,5-6H2,(H,13,14);1H4. The quantitative estimate of drug-likeness (QED) is 0.268. The molecule has 0 unspecified atom stereocenters. The molecule has 4 aromatic rings. The minimum Gasteiger partial charge on any atom is -0.513 e. The first-order valence-corrected chi connectivity index (χ1v) is 9.73. The number of aromatic amines is 2. The average Bonchev–Trinajstić information content (AvgIpc) is 3.31. The van der Waals surface area contributed by atoms with Crippen LogP contribution >= 0.6 is 0 Å². The molecule has 2 heterocycles. The zero-order chi connectivity index (χ0) is 20.6. The van der Waals surface area contributed by atoms with Gasteiger partial charge in [-0.1, -0.05) is 50.4 Å². The van der Waals surface area contributed by atoms with Crippen molar-refractivity contribution < 1.29 is 15.0 Å². The van der Waals surface area contributed by atoms with Crippen LogP contribution in [-0.4, -0.2) is 26.2 Å². The Kier molecular flexibility index (Phi) is 8.29. The molecule has 0 atom stereocenters. The zero-order valence-electron chi connectivity index (χ0n) is 16.3. The van der Waals surface area contributed by atoms with E-state index in [1.807, 2.05) is 48.8 Å². The smallest absolute Gasteiger partial charge is 0.303 e. The highest BCUT2D eigenvalue weighted by atomic mass is 16.4. The van der Waals surface area contributed by atoms with E-state index in [1.165, 1.54) is 16.5 Å². The number of carboxylic acids is 1. The molecule has 2 aromatic heterocycles. The Morgan fingerprint density at radius 3 is 1.80 bits per heavy atom. The monoisotopic (exact) mass is 406 g/mol. The van der Waals surface area contributed by atoms with Crippen molar-refractivity contribution in [2.45, 2.75) is 39.5 Å². The Morgan fingerprint density at radius 1 is 0.800 bits per heavy atom. The molecule has 4 rings (SSSR count). The molecule has 158 valence electrons. The number of aliphatic hydroxyl groups is 1. The third-order valence-electron chi connectivity index (χ3n) is 4.87. The molecule has 0 saturated heterocycles. The molecule has 30 heavy (non-hydrogen) atoms. The van der Waals surface area contributed by atoms with Gasteiger partial charge in [0.1, 0.15) is 0 Å². The van der Waals surface area contributed by atoms with Crippen molar-refractivity contribution in [3.8, 4) is 0 Å². The predicted molar refractivity (Wildman–Crippen MR) is 124 cm³/mol. The summed E-state index contributed by atoms with van der Waals surface area (Å²) in [5.41, 5.74) is 4.62. The van der Waals surface area contributed by atoms with E-state index in [0.717, 1.165) is 29.3 Å². The topological polar surface area (TPSA) is 89.1 Å². The number of nitrogens with one attached hydrogen (secondary N) is 2. The second kappa shape index (κ2) is 10.9. The van der Waals surface area contributed by atoms with Gasteiger partial charge < -0.3 is 20.2 Å². The fourth-order valence-electron chi connectivity index (χ4n) is 3.40. The van der Waals surface area contributed by atoms with Crippen LogP contribution in [0.15, 0.2) is 73.3 Å². The molecule has 0 aliphatic rings. The number of carboxylic acid groups (broad SMARTS) is 1. The number of fused-ring (bicyclic) bond motifs is 2. The molecule has 0 radical (unpaired) electrons. The molecule has 5 heteroatoms. The Labute approximate surface area is 177 Å². The summed E-state index contributed by atoms with van der Waals surface area (Å²) in [6.07, 6.45) is 7.29. The van der Waals surface area contributed by atoms with Gasteiger partial charge in [0.15, 0.2) is 0 Å². The number of rotatable bonds is 7. The third-order valence-corrected chi connectivity index (χ3v) is 4.87. The molecule has 0 amide bonds. The van der Waals surface area contributed by atoms with Crippen molar-refractivity contribution in [2.24, 2.45) is 0 Å². The van der Waals surface area contributed by atoms with Crippen LogP contribution in [0.5, 0.6) is 0 Å². The maximum atomic E-state index is 10.4. The molecule has 2 aromatic carbocycles. The number of benzene rings is 2. The highest BCUT2D eigenvalue weighted by Gasteiger charge is 2.04. The van der Waals surface area contributed by atoms with E-state index in [2.05, 4.69) is 28.7 Å². The second-order valence-corrected chi connectivity index (χ2v) is 7.03. The van der Waals surface area contributed by atoms with Crippen LogP contribution in [0.4, 0.5) is 0 Å². The number of allylic oxidation sites excluding steroid dienone is 1. The first-order valence-electron chi connectivity index (χ1n) is 9.73. The van der Waals surface area contributed by atoms with Gasteiger partial charge in [0.2, 0.25) is 0 Å². The van der Waals surface area contributed by atoms with Crippen LogP contribution in [0, 0.1) is 0 Å².